The number of nitrogens with one attached hydrogen (secondary N) is 1. The third kappa shape index (κ3) is 3.03. The van der Waals surface area contributed by atoms with Crippen LogP contribution in [0.2, 0.25) is 0 Å². The molecule has 2 heteroatoms. The molecule has 1 aliphatic carbocycles. The summed E-state index contributed by atoms with van der Waals surface area (Å²) in [5.74, 6) is 1.71. The highest BCUT2D eigenvalue weighted by molar-refractivity contribution is 4.96. The predicted octanol–water partition coefficient (Wildman–Crippen LogP) is 3.36. The molecule has 2 nitrogen and oxygen atoms in total. The molecule has 17 heavy (non-hydrogen) atoms. The Morgan fingerprint density at radius 1 is 1.24 bits per heavy atom. The van der Waals surface area contributed by atoms with Crippen LogP contribution >= 0.6 is 0 Å². The van der Waals surface area contributed by atoms with Gasteiger partial charge >= 0.3 is 0 Å². The molecule has 4 unspecified atom stereocenters. The smallest absolute Gasteiger partial charge is 0.0809 e. The van der Waals surface area contributed by atoms with E-state index in [9.17, 15) is 0 Å². The topological polar surface area (TPSA) is 21.3 Å². The minimum atomic E-state index is 0.0781. The Bertz CT molecular complexity index is 235. The van der Waals surface area contributed by atoms with E-state index in [4.69, 9.17) is 4.74 Å². The van der Waals surface area contributed by atoms with E-state index >= 15 is 0 Å². The lowest BCUT2D eigenvalue weighted by molar-refractivity contribution is -0.103. The van der Waals surface area contributed by atoms with E-state index in [0.717, 1.165) is 18.4 Å². The molecule has 0 amide bonds. The summed E-state index contributed by atoms with van der Waals surface area (Å²) < 4.78 is 6.14. The molecule has 0 radical (unpaired) electrons. The number of ether oxygens (including phenoxy) is 1. The maximum Gasteiger partial charge on any atom is 0.0809 e. The van der Waals surface area contributed by atoms with Crippen molar-refractivity contribution in [3.05, 3.63) is 0 Å². The molecule has 0 spiro atoms. The maximum absolute atomic E-state index is 6.14. The summed E-state index contributed by atoms with van der Waals surface area (Å²) in [6, 6.07) is 0.547. The van der Waals surface area contributed by atoms with E-state index in [1.54, 1.807) is 0 Å². The second-order valence-electron chi connectivity index (χ2n) is 6.42. The van der Waals surface area contributed by atoms with Gasteiger partial charge in [-0.15, -0.1) is 0 Å². The SMILES string of the molecule is CNC(C1CCCC(C)C1)C1(C)CCCCO1. The lowest BCUT2D eigenvalue weighted by Crippen LogP contribution is -2.55. The zero-order valence-electron chi connectivity index (χ0n) is 11.8. The summed E-state index contributed by atoms with van der Waals surface area (Å²) in [6.45, 7) is 5.69. The summed E-state index contributed by atoms with van der Waals surface area (Å²) in [4.78, 5) is 0. The van der Waals surface area contributed by atoms with Crippen LogP contribution in [0.1, 0.15) is 58.8 Å². The van der Waals surface area contributed by atoms with Crippen molar-refractivity contribution in [2.24, 2.45) is 11.8 Å². The van der Waals surface area contributed by atoms with Crippen molar-refractivity contribution in [2.75, 3.05) is 13.7 Å². The summed E-state index contributed by atoms with van der Waals surface area (Å²) in [6.07, 6.45) is 9.39. The van der Waals surface area contributed by atoms with E-state index in [-0.39, 0.29) is 5.60 Å². The van der Waals surface area contributed by atoms with E-state index in [1.165, 1.54) is 44.9 Å². The van der Waals surface area contributed by atoms with Gasteiger partial charge < -0.3 is 10.1 Å². The standard InChI is InChI=1S/C15H29NO/c1-12-7-6-8-13(11-12)14(16-3)15(2)9-4-5-10-17-15/h12-14,16H,4-11H2,1-3H3. The highest BCUT2D eigenvalue weighted by Crippen LogP contribution is 2.38. The Labute approximate surface area is 107 Å². The van der Waals surface area contributed by atoms with Gasteiger partial charge in [0.15, 0.2) is 0 Å². The maximum atomic E-state index is 6.14. The van der Waals surface area contributed by atoms with Gasteiger partial charge in [0.25, 0.3) is 0 Å². The molecule has 1 aliphatic heterocycles. The van der Waals surface area contributed by atoms with Crippen LogP contribution in [0, 0.1) is 11.8 Å². The van der Waals surface area contributed by atoms with E-state index in [1.807, 2.05) is 0 Å². The number of hydrogen-bond donors (Lipinski definition) is 1. The van der Waals surface area contributed by atoms with Crippen molar-refractivity contribution in [1.29, 1.82) is 0 Å². The zero-order chi connectivity index (χ0) is 12.3. The van der Waals surface area contributed by atoms with Crippen LogP contribution in [0.15, 0.2) is 0 Å². The fourth-order valence-electron chi connectivity index (χ4n) is 4.02. The Hall–Kier alpha value is -0.0800. The first-order chi connectivity index (χ1) is 8.15. The first-order valence-electron chi connectivity index (χ1n) is 7.47. The minimum Gasteiger partial charge on any atom is -0.374 e. The number of rotatable bonds is 3. The van der Waals surface area contributed by atoms with Gasteiger partial charge in [-0.1, -0.05) is 19.8 Å². The molecule has 1 N–H and O–H groups in total. The van der Waals surface area contributed by atoms with Crippen molar-refractivity contribution < 1.29 is 4.74 Å². The first kappa shape index (κ1) is 13.4. The first-order valence-corrected chi connectivity index (χ1v) is 7.47. The van der Waals surface area contributed by atoms with Crippen LogP contribution in [0.3, 0.4) is 0 Å². The van der Waals surface area contributed by atoms with Gasteiger partial charge in [0.05, 0.1) is 5.60 Å². The molecule has 2 rings (SSSR count). The van der Waals surface area contributed by atoms with Gasteiger partial charge in [0, 0.05) is 12.6 Å². The van der Waals surface area contributed by atoms with Crippen molar-refractivity contribution in [2.45, 2.75) is 70.4 Å². The van der Waals surface area contributed by atoms with Crippen molar-refractivity contribution in [3.63, 3.8) is 0 Å². The van der Waals surface area contributed by atoms with E-state index < -0.39 is 0 Å². The summed E-state index contributed by atoms with van der Waals surface area (Å²) in [5.41, 5.74) is 0.0781. The lowest BCUT2D eigenvalue weighted by Gasteiger charge is -2.46. The Morgan fingerprint density at radius 3 is 2.65 bits per heavy atom. The van der Waals surface area contributed by atoms with Crippen LogP contribution in [0.25, 0.3) is 0 Å². The molecule has 1 saturated heterocycles. The molecule has 2 fully saturated rings. The van der Waals surface area contributed by atoms with Gasteiger partial charge in [-0.3, -0.25) is 0 Å². The third-order valence-corrected chi connectivity index (χ3v) is 4.92. The van der Waals surface area contributed by atoms with E-state index in [2.05, 4.69) is 26.2 Å². The van der Waals surface area contributed by atoms with E-state index in [0.29, 0.717) is 6.04 Å². The Balaban J connectivity index is 2.03. The lowest BCUT2D eigenvalue weighted by atomic mass is 9.72. The van der Waals surface area contributed by atoms with Crippen LogP contribution < -0.4 is 5.32 Å². The van der Waals surface area contributed by atoms with Crippen LogP contribution in [-0.4, -0.2) is 25.3 Å². The summed E-state index contributed by atoms with van der Waals surface area (Å²) >= 11 is 0. The quantitative estimate of drug-likeness (QED) is 0.815. The third-order valence-electron chi connectivity index (χ3n) is 4.92. The minimum absolute atomic E-state index is 0.0781. The molecule has 1 saturated carbocycles. The fourth-order valence-corrected chi connectivity index (χ4v) is 4.02. The summed E-state index contributed by atoms with van der Waals surface area (Å²) in [7, 11) is 2.12. The van der Waals surface area contributed by atoms with Gasteiger partial charge in [-0.25, -0.2) is 0 Å². The van der Waals surface area contributed by atoms with Gasteiger partial charge in [0.2, 0.25) is 0 Å². The Kier molecular flexibility index (Phi) is 4.48. The highest BCUT2D eigenvalue weighted by atomic mass is 16.5. The molecule has 0 aromatic heterocycles. The van der Waals surface area contributed by atoms with Crippen molar-refractivity contribution >= 4 is 0 Å². The van der Waals surface area contributed by atoms with Gasteiger partial charge in [-0.2, -0.15) is 0 Å². The molecule has 2 aliphatic rings. The average molecular weight is 239 g/mol. The molecular weight excluding hydrogens is 210 g/mol. The molecule has 100 valence electrons. The Morgan fingerprint density at radius 2 is 2.06 bits per heavy atom. The second-order valence-corrected chi connectivity index (χ2v) is 6.42. The fraction of sp³-hybridized carbons (Fsp3) is 1.00. The van der Waals surface area contributed by atoms with Crippen molar-refractivity contribution in [3.8, 4) is 0 Å². The summed E-state index contributed by atoms with van der Waals surface area (Å²) in [5, 5.41) is 3.58. The van der Waals surface area contributed by atoms with Crippen LogP contribution in [-0.2, 0) is 4.74 Å². The molecule has 0 aromatic carbocycles. The number of hydrogen-bond acceptors (Lipinski definition) is 2. The van der Waals surface area contributed by atoms with Crippen LogP contribution in [0.4, 0.5) is 0 Å². The van der Waals surface area contributed by atoms with Crippen LogP contribution in [0.5, 0.6) is 0 Å². The monoisotopic (exact) mass is 239 g/mol. The molecular formula is C15H29NO. The second kappa shape index (κ2) is 5.71. The zero-order valence-corrected chi connectivity index (χ0v) is 11.8. The highest BCUT2D eigenvalue weighted by Gasteiger charge is 2.41. The molecule has 1 heterocycles. The largest absolute Gasteiger partial charge is 0.374 e. The van der Waals surface area contributed by atoms with Gasteiger partial charge in [-0.05, 0) is 57.9 Å². The van der Waals surface area contributed by atoms with Crippen molar-refractivity contribution in [1.82, 2.24) is 5.32 Å². The van der Waals surface area contributed by atoms with Gasteiger partial charge in [0.1, 0.15) is 0 Å². The molecule has 0 aromatic rings. The average Bonchev–Trinajstić information content (AvgIpc) is 2.30. The molecule has 4 atom stereocenters. The number of likely N-dealkylation sites (N-methyl/N-ethyl adjacent to an activating group) is 1. The predicted molar refractivity (Wildman–Crippen MR) is 72.2 cm³/mol. The molecule has 0 bridgehead atoms. The normalized spacial score (nSPS) is 41.1.